The highest BCUT2D eigenvalue weighted by Crippen LogP contribution is 2.16. The minimum atomic E-state index is 0.253. The lowest BCUT2D eigenvalue weighted by molar-refractivity contribution is 0.414. The third-order valence-corrected chi connectivity index (χ3v) is 2.07. The van der Waals surface area contributed by atoms with E-state index in [0.29, 0.717) is 0 Å². The van der Waals surface area contributed by atoms with E-state index in [-0.39, 0.29) is 6.04 Å². The minimum absolute atomic E-state index is 0.253. The number of hydrogen-bond acceptors (Lipinski definition) is 2. The Balaban J connectivity index is 2.73. The van der Waals surface area contributed by atoms with Crippen LogP contribution in [-0.2, 0) is 0 Å². The topological polar surface area (TPSA) is 21.3 Å². The van der Waals surface area contributed by atoms with E-state index in [2.05, 4.69) is 12.2 Å². The van der Waals surface area contributed by atoms with Crippen LogP contribution in [0.4, 0.5) is 0 Å². The third-order valence-electron chi connectivity index (χ3n) is 1.93. The molecule has 0 spiro atoms. The van der Waals surface area contributed by atoms with E-state index in [9.17, 15) is 0 Å². The van der Waals surface area contributed by atoms with Gasteiger partial charge in [0, 0.05) is 6.04 Å². The second kappa shape index (κ2) is 4.82. The van der Waals surface area contributed by atoms with Crippen LogP contribution in [0, 0.1) is 0 Å². The maximum atomic E-state index is 5.06. The van der Waals surface area contributed by atoms with Crippen molar-refractivity contribution >= 4 is 17.7 Å². The molecule has 0 amide bonds. The largest absolute Gasteiger partial charge is 0.497 e. The molecule has 2 nitrogen and oxygen atoms in total. The molecular weight excluding hydrogens is 182 g/mol. The molecule has 0 aliphatic rings. The molecule has 0 saturated heterocycles. The molecule has 0 aliphatic carbocycles. The Hall–Kier alpha value is -1.09. The smallest absolute Gasteiger partial charge is 0.118 e. The molecule has 13 heavy (non-hydrogen) atoms. The zero-order valence-electron chi connectivity index (χ0n) is 7.78. The molecule has 0 heterocycles. The average molecular weight is 195 g/mol. The standard InChI is InChI=1S/C10H13NOS/c1-8(11-7-13)9-3-5-10(12-2)6-4-9/h3-8H,1-2H3,(H,11,13)/t8-/m0/s1. The van der Waals surface area contributed by atoms with Crippen LogP contribution in [0.3, 0.4) is 0 Å². The molecule has 0 bridgehead atoms. The van der Waals surface area contributed by atoms with Crippen LogP contribution in [0.1, 0.15) is 18.5 Å². The first-order chi connectivity index (χ1) is 6.27. The van der Waals surface area contributed by atoms with Crippen LogP contribution < -0.4 is 10.1 Å². The monoisotopic (exact) mass is 195 g/mol. The molecule has 1 aromatic rings. The van der Waals surface area contributed by atoms with Gasteiger partial charge in [0.25, 0.3) is 0 Å². The Morgan fingerprint density at radius 2 is 2.00 bits per heavy atom. The summed E-state index contributed by atoms with van der Waals surface area (Å²) in [5, 5.41) is 3.05. The molecule has 0 aromatic heterocycles. The maximum Gasteiger partial charge on any atom is 0.118 e. The summed E-state index contributed by atoms with van der Waals surface area (Å²) in [6.45, 7) is 2.06. The van der Waals surface area contributed by atoms with Gasteiger partial charge in [-0.2, -0.15) is 0 Å². The number of rotatable bonds is 4. The van der Waals surface area contributed by atoms with Gasteiger partial charge in [-0.25, -0.2) is 0 Å². The molecular formula is C10H13NOS. The van der Waals surface area contributed by atoms with Crippen molar-refractivity contribution in [2.75, 3.05) is 7.11 Å². The average Bonchev–Trinajstić information content (AvgIpc) is 2.18. The van der Waals surface area contributed by atoms with Crippen LogP contribution in [0.15, 0.2) is 24.3 Å². The lowest BCUT2D eigenvalue weighted by atomic mass is 10.1. The molecule has 1 aromatic carbocycles. The number of thiocarbonyl (C=S) groups is 1. The van der Waals surface area contributed by atoms with Gasteiger partial charge in [0.2, 0.25) is 0 Å². The Morgan fingerprint density at radius 3 is 2.46 bits per heavy atom. The van der Waals surface area contributed by atoms with Crippen molar-refractivity contribution in [1.82, 2.24) is 5.32 Å². The van der Waals surface area contributed by atoms with Crippen LogP contribution in [0.2, 0.25) is 0 Å². The van der Waals surface area contributed by atoms with Crippen molar-refractivity contribution in [3.63, 3.8) is 0 Å². The summed E-state index contributed by atoms with van der Waals surface area (Å²) in [6.07, 6.45) is 0. The van der Waals surface area contributed by atoms with Crippen molar-refractivity contribution in [3.05, 3.63) is 29.8 Å². The first-order valence-corrected chi connectivity index (χ1v) is 4.58. The van der Waals surface area contributed by atoms with Gasteiger partial charge in [0.05, 0.1) is 12.6 Å². The van der Waals surface area contributed by atoms with Crippen LogP contribution in [-0.4, -0.2) is 12.6 Å². The Kier molecular flexibility index (Phi) is 3.71. The van der Waals surface area contributed by atoms with Gasteiger partial charge in [-0.05, 0) is 24.6 Å². The SMILES string of the molecule is COc1ccc([C@H](C)NC=S)cc1. The number of benzene rings is 1. The van der Waals surface area contributed by atoms with E-state index < -0.39 is 0 Å². The maximum absolute atomic E-state index is 5.06. The van der Waals surface area contributed by atoms with Gasteiger partial charge < -0.3 is 10.1 Å². The van der Waals surface area contributed by atoms with Crippen molar-refractivity contribution in [1.29, 1.82) is 0 Å². The van der Waals surface area contributed by atoms with Gasteiger partial charge in [-0.3, -0.25) is 0 Å². The Labute approximate surface area is 83.9 Å². The summed E-state index contributed by atoms with van der Waals surface area (Å²) in [5.74, 6) is 0.873. The summed E-state index contributed by atoms with van der Waals surface area (Å²) in [7, 11) is 1.66. The zero-order chi connectivity index (χ0) is 9.68. The first-order valence-electron chi connectivity index (χ1n) is 4.11. The van der Waals surface area contributed by atoms with Gasteiger partial charge in [0.1, 0.15) is 5.75 Å². The lowest BCUT2D eigenvalue weighted by Crippen LogP contribution is -2.14. The molecule has 0 unspecified atom stereocenters. The van der Waals surface area contributed by atoms with E-state index in [1.807, 2.05) is 24.3 Å². The molecule has 0 saturated carbocycles. The number of methoxy groups -OCH3 is 1. The second-order valence-corrected chi connectivity index (χ2v) is 3.02. The molecule has 1 rings (SSSR count). The van der Waals surface area contributed by atoms with Gasteiger partial charge >= 0.3 is 0 Å². The highest BCUT2D eigenvalue weighted by Gasteiger charge is 2.01. The number of nitrogens with one attached hydrogen (secondary N) is 1. The van der Waals surface area contributed by atoms with Gasteiger partial charge in [0.15, 0.2) is 0 Å². The zero-order valence-corrected chi connectivity index (χ0v) is 8.60. The van der Waals surface area contributed by atoms with Crippen LogP contribution in [0.25, 0.3) is 0 Å². The minimum Gasteiger partial charge on any atom is -0.497 e. The summed E-state index contributed by atoms with van der Waals surface area (Å²) < 4.78 is 5.06. The summed E-state index contributed by atoms with van der Waals surface area (Å²) in [6, 6.07) is 8.18. The van der Waals surface area contributed by atoms with Gasteiger partial charge in [-0.1, -0.05) is 24.4 Å². The Morgan fingerprint density at radius 1 is 1.38 bits per heavy atom. The van der Waals surface area contributed by atoms with E-state index in [1.54, 1.807) is 7.11 Å². The highest BCUT2D eigenvalue weighted by atomic mass is 32.1. The van der Waals surface area contributed by atoms with Crippen molar-refractivity contribution in [3.8, 4) is 5.75 Å². The van der Waals surface area contributed by atoms with Crippen molar-refractivity contribution < 1.29 is 4.74 Å². The molecule has 0 aliphatic heterocycles. The molecule has 0 radical (unpaired) electrons. The summed E-state index contributed by atoms with van der Waals surface area (Å²) >= 11 is 4.72. The highest BCUT2D eigenvalue weighted by molar-refractivity contribution is 7.78. The first kappa shape index (κ1) is 9.99. The van der Waals surface area contributed by atoms with E-state index in [1.165, 1.54) is 11.1 Å². The predicted molar refractivity (Wildman–Crippen MR) is 58.2 cm³/mol. The van der Waals surface area contributed by atoms with E-state index in [0.717, 1.165) is 5.75 Å². The molecule has 1 atom stereocenters. The van der Waals surface area contributed by atoms with E-state index >= 15 is 0 Å². The molecule has 3 heteroatoms. The summed E-state index contributed by atoms with van der Waals surface area (Å²) in [5.41, 5.74) is 2.73. The number of ether oxygens (including phenoxy) is 1. The lowest BCUT2D eigenvalue weighted by Gasteiger charge is -2.11. The van der Waals surface area contributed by atoms with E-state index in [4.69, 9.17) is 17.0 Å². The van der Waals surface area contributed by atoms with Crippen LogP contribution in [0.5, 0.6) is 5.75 Å². The number of hydrogen-bond donors (Lipinski definition) is 1. The normalized spacial score (nSPS) is 11.8. The van der Waals surface area contributed by atoms with Crippen molar-refractivity contribution in [2.24, 2.45) is 0 Å². The molecule has 1 N–H and O–H groups in total. The van der Waals surface area contributed by atoms with Gasteiger partial charge in [-0.15, -0.1) is 0 Å². The predicted octanol–water partition coefficient (Wildman–Crippen LogP) is 2.30. The Bertz CT molecular complexity index is 271. The molecule has 0 fully saturated rings. The quantitative estimate of drug-likeness (QED) is 0.745. The van der Waals surface area contributed by atoms with Crippen LogP contribution >= 0.6 is 12.2 Å². The third kappa shape index (κ3) is 2.70. The summed E-state index contributed by atoms with van der Waals surface area (Å²) in [4.78, 5) is 0. The fraction of sp³-hybridized carbons (Fsp3) is 0.300. The fourth-order valence-electron chi connectivity index (χ4n) is 1.09. The fourth-order valence-corrected chi connectivity index (χ4v) is 1.29. The van der Waals surface area contributed by atoms with Crippen molar-refractivity contribution in [2.45, 2.75) is 13.0 Å². The second-order valence-electron chi connectivity index (χ2n) is 2.78. The molecule has 70 valence electrons.